The Morgan fingerprint density at radius 3 is 2.81 bits per heavy atom. The lowest BCUT2D eigenvalue weighted by Crippen LogP contribution is -2.42. The molecule has 0 bridgehead atoms. The van der Waals surface area contributed by atoms with E-state index in [9.17, 15) is 4.79 Å². The zero-order chi connectivity index (χ0) is 11.2. The third-order valence-electron chi connectivity index (χ3n) is 1.90. The van der Waals surface area contributed by atoms with Gasteiger partial charge in [0.05, 0.1) is 6.54 Å². The highest BCUT2D eigenvalue weighted by atomic mass is 32.2. The molecule has 3 N–H and O–H groups in total. The van der Waals surface area contributed by atoms with Crippen LogP contribution in [0.15, 0.2) is 35.3 Å². The number of aliphatic imine (C=N–C) groups is 1. The van der Waals surface area contributed by atoms with Crippen LogP contribution in [0.1, 0.15) is 0 Å². The van der Waals surface area contributed by atoms with Gasteiger partial charge in [-0.1, -0.05) is 30.0 Å². The molecule has 0 saturated carbocycles. The number of urea groups is 1. The Balaban J connectivity index is 1.76. The molecule has 0 atom stereocenters. The maximum absolute atomic E-state index is 11.4. The Hall–Kier alpha value is -1.69. The molecule has 6 heteroatoms. The quantitative estimate of drug-likeness (QED) is 0.646. The molecule has 0 fully saturated rings. The molecule has 0 aromatic heterocycles. The minimum atomic E-state index is -0.304. The predicted octanol–water partition coefficient (Wildman–Crippen LogP) is 1.42. The van der Waals surface area contributed by atoms with Gasteiger partial charge in [-0.05, 0) is 12.1 Å². The van der Waals surface area contributed by atoms with E-state index in [1.807, 2.05) is 30.3 Å². The van der Waals surface area contributed by atoms with Gasteiger partial charge in [-0.3, -0.25) is 10.4 Å². The minimum Gasteiger partial charge on any atom is -0.307 e. The zero-order valence-corrected chi connectivity index (χ0v) is 9.38. The maximum atomic E-state index is 11.4. The van der Waals surface area contributed by atoms with E-state index in [4.69, 9.17) is 0 Å². The number of hydrazine groups is 1. The van der Waals surface area contributed by atoms with Crippen LogP contribution in [0.2, 0.25) is 0 Å². The Bertz CT molecular complexity index is 393. The van der Waals surface area contributed by atoms with Crippen molar-refractivity contribution in [1.29, 1.82) is 0 Å². The number of amidine groups is 1. The first-order chi connectivity index (χ1) is 7.84. The van der Waals surface area contributed by atoms with Gasteiger partial charge in [0.15, 0.2) is 5.17 Å². The summed E-state index contributed by atoms with van der Waals surface area (Å²) in [6, 6.07) is 8.95. The summed E-state index contributed by atoms with van der Waals surface area (Å²) in [5, 5.41) is 3.44. The second-order valence-electron chi connectivity index (χ2n) is 3.11. The SMILES string of the molecule is O=C(NNC1=NCCS1)Nc1ccccc1. The Morgan fingerprint density at radius 1 is 1.31 bits per heavy atom. The van der Waals surface area contributed by atoms with Gasteiger partial charge in [0.1, 0.15) is 0 Å². The molecule has 1 heterocycles. The first kappa shape index (κ1) is 10.8. The van der Waals surface area contributed by atoms with E-state index in [1.165, 1.54) is 0 Å². The van der Waals surface area contributed by atoms with E-state index in [-0.39, 0.29) is 6.03 Å². The van der Waals surface area contributed by atoms with Crippen LogP contribution in [0.4, 0.5) is 10.5 Å². The Morgan fingerprint density at radius 2 is 2.12 bits per heavy atom. The third-order valence-corrected chi connectivity index (χ3v) is 2.79. The number of para-hydroxylation sites is 1. The van der Waals surface area contributed by atoms with Crippen LogP contribution < -0.4 is 16.2 Å². The first-order valence-corrected chi connectivity index (χ1v) is 5.88. The number of amides is 2. The number of rotatable bonds is 1. The molecule has 1 aliphatic heterocycles. The molecule has 2 rings (SSSR count). The lowest BCUT2D eigenvalue weighted by Gasteiger charge is -2.08. The number of anilines is 1. The van der Waals surface area contributed by atoms with Gasteiger partial charge in [0.2, 0.25) is 0 Å². The van der Waals surface area contributed by atoms with Gasteiger partial charge in [-0.15, -0.1) is 0 Å². The highest BCUT2D eigenvalue weighted by molar-refractivity contribution is 8.14. The molecule has 1 aromatic rings. The second kappa shape index (κ2) is 5.41. The van der Waals surface area contributed by atoms with Crippen LogP contribution in [-0.4, -0.2) is 23.5 Å². The molecule has 0 spiro atoms. The van der Waals surface area contributed by atoms with E-state index in [0.29, 0.717) is 0 Å². The summed E-state index contributed by atoms with van der Waals surface area (Å²) in [5.74, 6) is 0.963. The fourth-order valence-electron chi connectivity index (χ4n) is 1.20. The minimum absolute atomic E-state index is 0.304. The highest BCUT2D eigenvalue weighted by Crippen LogP contribution is 2.08. The normalized spacial score (nSPS) is 14.1. The smallest absolute Gasteiger partial charge is 0.307 e. The number of hydrogen-bond acceptors (Lipinski definition) is 4. The average molecular weight is 236 g/mol. The van der Waals surface area contributed by atoms with Crippen molar-refractivity contribution in [2.45, 2.75) is 0 Å². The third kappa shape index (κ3) is 3.16. The number of nitrogens with zero attached hydrogens (tertiary/aromatic N) is 1. The van der Waals surface area contributed by atoms with Crippen molar-refractivity contribution in [3.8, 4) is 0 Å². The largest absolute Gasteiger partial charge is 0.337 e. The summed E-state index contributed by atoms with van der Waals surface area (Å²) < 4.78 is 0. The van der Waals surface area contributed by atoms with Gasteiger partial charge in [0, 0.05) is 11.4 Å². The number of carbonyl (C=O) groups excluding carboxylic acids is 1. The molecule has 0 radical (unpaired) electrons. The molecular formula is C10H12N4OS. The van der Waals surface area contributed by atoms with Gasteiger partial charge in [0.25, 0.3) is 0 Å². The topological polar surface area (TPSA) is 65.5 Å². The summed E-state index contributed by atoms with van der Waals surface area (Å²) in [6.45, 7) is 0.801. The average Bonchev–Trinajstić information content (AvgIpc) is 2.81. The van der Waals surface area contributed by atoms with Crippen LogP contribution in [-0.2, 0) is 0 Å². The van der Waals surface area contributed by atoms with Gasteiger partial charge in [-0.25, -0.2) is 10.2 Å². The van der Waals surface area contributed by atoms with Crippen LogP contribution in [0.25, 0.3) is 0 Å². The van der Waals surface area contributed by atoms with E-state index in [1.54, 1.807) is 11.8 Å². The molecule has 0 unspecified atom stereocenters. The Kier molecular flexibility index (Phi) is 3.66. The molecule has 84 valence electrons. The van der Waals surface area contributed by atoms with Crippen molar-refractivity contribution in [2.75, 3.05) is 17.6 Å². The van der Waals surface area contributed by atoms with E-state index in [0.717, 1.165) is 23.2 Å². The van der Waals surface area contributed by atoms with E-state index < -0.39 is 0 Å². The highest BCUT2D eigenvalue weighted by Gasteiger charge is 2.07. The number of hydrogen-bond donors (Lipinski definition) is 3. The van der Waals surface area contributed by atoms with Gasteiger partial charge in [-0.2, -0.15) is 0 Å². The second-order valence-corrected chi connectivity index (χ2v) is 4.19. The van der Waals surface area contributed by atoms with Crippen molar-refractivity contribution in [3.63, 3.8) is 0 Å². The van der Waals surface area contributed by atoms with E-state index in [2.05, 4.69) is 21.2 Å². The molecule has 1 aliphatic rings. The zero-order valence-electron chi connectivity index (χ0n) is 8.56. The molecule has 2 amide bonds. The summed E-state index contributed by atoms with van der Waals surface area (Å²) in [6.07, 6.45) is 0. The van der Waals surface area contributed by atoms with Crippen LogP contribution >= 0.6 is 11.8 Å². The lowest BCUT2D eigenvalue weighted by molar-refractivity contribution is 0.250. The first-order valence-electron chi connectivity index (χ1n) is 4.90. The number of nitrogens with one attached hydrogen (secondary N) is 3. The van der Waals surface area contributed by atoms with E-state index >= 15 is 0 Å². The number of benzene rings is 1. The maximum Gasteiger partial charge on any atom is 0.337 e. The van der Waals surface area contributed by atoms with Crippen molar-refractivity contribution in [1.82, 2.24) is 10.9 Å². The van der Waals surface area contributed by atoms with Crippen molar-refractivity contribution >= 4 is 28.6 Å². The number of thioether (sulfide) groups is 1. The fourth-order valence-corrected chi connectivity index (χ4v) is 1.89. The molecule has 1 aromatic carbocycles. The monoisotopic (exact) mass is 236 g/mol. The molecule has 0 aliphatic carbocycles. The predicted molar refractivity (Wildman–Crippen MR) is 66.5 cm³/mol. The van der Waals surface area contributed by atoms with Crippen LogP contribution in [0.3, 0.4) is 0 Å². The Labute approximate surface area is 97.7 Å². The lowest BCUT2D eigenvalue weighted by atomic mass is 10.3. The molecular weight excluding hydrogens is 224 g/mol. The van der Waals surface area contributed by atoms with Crippen molar-refractivity contribution in [3.05, 3.63) is 30.3 Å². The molecule has 16 heavy (non-hydrogen) atoms. The van der Waals surface area contributed by atoms with Crippen molar-refractivity contribution in [2.24, 2.45) is 4.99 Å². The van der Waals surface area contributed by atoms with Gasteiger partial charge < -0.3 is 5.32 Å². The van der Waals surface area contributed by atoms with Crippen LogP contribution in [0.5, 0.6) is 0 Å². The summed E-state index contributed by atoms with van der Waals surface area (Å²) in [5.41, 5.74) is 6.03. The van der Waals surface area contributed by atoms with Crippen LogP contribution in [0, 0.1) is 0 Å². The standard InChI is InChI=1S/C10H12N4OS/c15-9(12-8-4-2-1-3-5-8)13-14-10-11-6-7-16-10/h1-5H,6-7H2,(H,11,14)(H2,12,13,15). The summed E-state index contributed by atoms with van der Waals surface area (Å²) in [4.78, 5) is 15.6. The summed E-state index contributed by atoms with van der Waals surface area (Å²) in [7, 11) is 0. The fraction of sp³-hybridized carbons (Fsp3) is 0.200. The van der Waals surface area contributed by atoms with Crippen molar-refractivity contribution < 1.29 is 4.79 Å². The number of carbonyl (C=O) groups is 1. The molecule has 5 nitrogen and oxygen atoms in total. The van der Waals surface area contributed by atoms with Gasteiger partial charge >= 0.3 is 6.03 Å². The molecule has 0 saturated heterocycles. The summed E-state index contributed by atoms with van der Waals surface area (Å²) >= 11 is 1.59.